The number of anilines is 2. The number of hydrogen-bond acceptors (Lipinski definition) is 17. The summed E-state index contributed by atoms with van der Waals surface area (Å²) < 4.78 is 42.9. The first kappa shape index (κ1) is 64.7. The summed E-state index contributed by atoms with van der Waals surface area (Å²) in [6.07, 6.45) is 14.0. The van der Waals surface area contributed by atoms with Crippen molar-refractivity contribution in [3.63, 3.8) is 0 Å². The summed E-state index contributed by atoms with van der Waals surface area (Å²) >= 11 is 1.57. The molecule has 9 rings (SSSR count). The molecule has 0 unspecified atom stereocenters. The van der Waals surface area contributed by atoms with Gasteiger partial charge >= 0.3 is 6.09 Å². The van der Waals surface area contributed by atoms with Crippen LogP contribution in [0.5, 0.6) is 5.75 Å². The number of carbonyl (C=O) groups is 3. The number of thiazole rings is 1. The maximum Gasteiger partial charge on any atom is 0.410 e. The van der Waals surface area contributed by atoms with E-state index in [1.54, 1.807) is 18.4 Å². The fourth-order valence-electron chi connectivity index (χ4n) is 11.7. The van der Waals surface area contributed by atoms with Gasteiger partial charge in [-0.2, -0.15) is 5.10 Å². The number of benzene rings is 3. The van der Waals surface area contributed by atoms with Gasteiger partial charge in [0, 0.05) is 69.2 Å². The second-order valence-electron chi connectivity index (χ2n) is 24.0. The first-order valence-corrected chi connectivity index (χ1v) is 32.1. The second kappa shape index (κ2) is 32.5. The van der Waals surface area contributed by atoms with E-state index in [2.05, 4.69) is 56.2 Å². The third-order valence-corrected chi connectivity index (χ3v) is 17.1. The molecule has 2 saturated carbocycles. The molecule has 3 fully saturated rings. The van der Waals surface area contributed by atoms with E-state index in [4.69, 9.17) is 48.2 Å². The molecule has 2 atom stereocenters. The summed E-state index contributed by atoms with van der Waals surface area (Å²) in [7, 11) is 5.68. The van der Waals surface area contributed by atoms with Gasteiger partial charge in [-0.15, -0.1) is 11.3 Å². The Morgan fingerprint density at radius 3 is 2.09 bits per heavy atom. The minimum absolute atomic E-state index is 0.0469. The minimum Gasteiger partial charge on any atom is -0.491 e. The van der Waals surface area contributed by atoms with Gasteiger partial charge in [0.1, 0.15) is 34.8 Å². The molecule has 2 aliphatic carbocycles. The van der Waals surface area contributed by atoms with E-state index < -0.39 is 17.7 Å². The standard InChI is InChI=1S/C66H90N10O10S/c1-66(2,3)86-65(79)74(6)33-30-59(77)72-60(48-18-11-8-12-19-48)63(78)75-32-15-22-57(75)61-70-56(46-87-61)52-27-28-58(53-21-14-13-20-51(52)53)85-43-41-83-39-37-81-35-34-80-36-38-82-40-42-84-50-25-23-49(24-26-50)69-64-67-31-29-55(71-64)54-44-68-76(62(54)73(4)5)45-47-16-9-7-10-17-47/h7,9-10,13-14,16-17,20-21,27-29,31,44,46,48-50,57,60H,8,11-12,15,18-19,22-26,30,32-43,45H2,1-6H3,(H,72,77)(H,67,69,71)/t49?,50?,57-,60-/m0/s1. The van der Waals surface area contributed by atoms with Gasteiger partial charge in [-0.25, -0.2) is 24.4 Å². The van der Waals surface area contributed by atoms with Crippen molar-refractivity contribution in [3.8, 4) is 28.3 Å². The van der Waals surface area contributed by atoms with Crippen LogP contribution in [0.1, 0.15) is 114 Å². The molecule has 1 aliphatic heterocycles. The average molecular weight is 1220 g/mol. The van der Waals surface area contributed by atoms with Gasteiger partial charge in [-0.1, -0.05) is 73.9 Å². The topological polar surface area (TPSA) is 206 Å². The molecule has 0 bridgehead atoms. The minimum atomic E-state index is -0.638. The number of fused-ring (bicyclic) bond motifs is 1. The quantitative estimate of drug-likeness (QED) is 0.0388. The summed E-state index contributed by atoms with van der Waals surface area (Å²) in [4.78, 5) is 60.6. The summed E-state index contributed by atoms with van der Waals surface area (Å²) in [5, 5.41) is 16.4. The molecule has 4 heterocycles. The molecule has 0 spiro atoms. The van der Waals surface area contributed by atoms with Crippen LogP contribution in [0.3, 0.4) is 0 Å². The molecule has 6 aromatic rings. The lowest BCUT2D eigenvalue weighted by atomic mass is 9.83. The van der Waals surface area contributed by atoms with E-state index in [1.165, 1.54) is 10.5 Å². The molecule has 3 aromatic carbocycles. The molecule has 470 valence electrons. The summed E-state index contributed by atoms with van der Waals surface area (Å²) in [5.41, 5.74) is 4.19. The second-order valence-corrected chi connectivity index (χ2v) is 24.9. The zero-order chi connectivity index (χ0) is 61.0. The molecular formula is C66H90N10O10S. The van der Waals surface area contributed by atoms with Gasteiger partial charge in [0.2, 0.25) is 17.8 Å². The van der Waals surface area contributed by atoms with Crippen LogP contribution >= 0.6 is 11.3 Å². The van der Waals surface area contributed by atoms with Crippen LogP contribution in [-0.4, -0.2) is 177 Å². The highest BCUT2D eigenvalue weighted by molar-refractivity contribution is 7.10. The smallest absolute Gasteiger partial charge is 0.410 e. The Bertz CT molecular complexity index is 3100. The summed E-state index contributed by atoms with van der Waals surface area (Å²) in [6.45, 7) is 11.6. The normalized spacial score (nSPS) is 17.7. The van der Waals surface area contributed by atoms with E-state index in [0.29, 0.717) is 85.1 Å². The van der Waals surface area contributed by atoms with Crippen molar-refractivity contribution in [2.45, 2.75) is 134 Å². The number of likely N-dealkylation sites (tertiary alicyclic amines) is 1. The van der Waals surface area contributed by atoms with Crippen LogP contribution < -0.4 is 20.3 Å². The lowest BCUT2D eigenvalue weighted by Gasteiger charge is -2.34. The molecule has 3 amide bonds. The van der Waals surface area contributed by atoms with Crippen LogP contribution in [0.15, 0.2) is 90.6 Å². The van der Waals surface area contributed by atoms with Gasteiger partial charge in [-0.3, -0.25) is 9.59 Å². The molecule has 20 nitrogen and oxygen atoms in total. The van der Waals surface area contributed by atoms with Crippen LogP contribution in [-0.2, 0) is 44.6 Å². The third-order valence-electron chi connectivity index (χ3n) is 16.1. The largest absolute Gasteiger partial charge is 0.491 e. The Labute approximate surface area is 516 Å². The number of ether oxygens (including phenoxy) is 7. The zero-order valence-corrected chi connectivity index (χ0v) is 52.6. The molecule has 1 saturated heterocycles. The van der Waals surface area contributed by atoms with Gasteiger partial charge in [0.05, 0.1) is 101 Å². The summed E-state index contributed by atoms with van der Waals surface area (Å²) in [6, 6.07) is 24.0. The van der Waals surface area contributed by atoms with Crippen LogP contribution in [0.25, 0.3) is 33.3 Å². The van der Waals surface area contributed by atoms with E-state index >= 15 is 0 Å². The van der Waals surface area contributed by atoms with Crippen molar-refractivity contribution in [1.82, 2.24) is 39.8 Å². The van der Waals surface area contributed by atoms with E-state index in [0.717, 1.165) is 120 Å². The first-order valence-electron chi connectivity index (χ1n) is 31.2. The lowest BCUT2D eigenvalue weighted by molar-refractivity contribution is -0.139. The predicted molar refractivity (Wildman–Crippen MR) is 338 cm³/mol. The number of carbonyl (C=O) groups excluding carboxylic acids is 3. The fraction of sp³-hybridized carbons (Fsp3) is 0.561. The number of nitrogens with one attached hydrogen (secondary N) is 2. The van der Waals surface area contributed by atoms with Crippen LogP contribution in [0.4, 0.5) is 16.6 Å². The van der Waals surface area contributed by atoms with Crippen molar-refractivity contribution in [2.75, 3.05) is 111 Å². The Morgan fingerprint density at radius 1 is 0.713 bits per heavy atom. The molecule has 21 heteroatoms. The monoisotopic (exact) mass is 1210 g/mol. The molecule has 3 aromatic heterocycles. The van der Waals surface area contributed by atoms with E-state index in [-0.39, 0.29) is 48.9 Å². The highest BCUT2D eigenvalue weighted by atomic mass is 32.1. The van der Waals surface area contributed by atoms with Crippen molar-refractivity contribution in [2.24, 2.45) is 5.92 Å². The van der Waals surface area contributed by atoms with Crippen molar-refractivity contribution in [1.29, 1.82) is 0 Å². The number of aromatic nitrogens is 5. The molecular weight excluding hydrogens is 1120 g/mol. The Hall–Kier alpha value is -6.75. The third kappa shape index (κ3) is 18.9. The number of rotatable bonds is 31. The highest BCUT2D eigenvalue weighted by Gasteiger charge is 2.40. The number of hydrogen-bond donors (Lipinski definition) is 2. The Morgan fingerprint density at radius 2 is 1.39 bits per heavy atom. The Kier molecular flexibility index (Phi) is 24.2. The van der Waals surface area contributed by atoms with Crippen molar-refractivity contribution < 1.29 is 47.5 Å². The molecule has 2 N–H and O–H groups in total. The van der Waals surface area contributed by atoms with E-state index in [9.17, 15) is 14.4 Å². The number of nitrogens with zero attached hydrogens (tertiary/aromatic N) is 8. The van der Waals surface area contributed by atoms with Gasteiger partial charge in [-0.05, 0) is 107 Å². The van der Waals surface area contributed by atoms with E-state index in [1.807, 2.05) is 99.3 Å². The maximum absolute atomic E-state index is 14.6. The molecule has 87 heavy (non-hydrogen) atoms. The van der Waals surface area contributed by atoms with Crippen molar-refractivity contribution in [3.05, 3.63) is 101 Å². The maximum atomic E-state index is 14.6. The number of amides is 3. The first-order chi connectivity index (χ1) is 42.3. The lowest BCUT2D eigenvalue weighted by Crippen LogP contribution is -2.53. The Balaban J connectivity index is 0.619. The van der Waals surface area contributed by atoms with Gasteiger partial charge in [0.15, 0.2) is 0 Å². The molecule has 3 aliphatic rings. The van der Waals surface area contributed by atoms with Crippen LogP contribution in [0, 0.1) is 5.92 Å². The van der Waals surface area contributed by atoms with Crippen molar-refractivity contribution >= 4 is 51.8 Å². The zero-order valence-electron chi connectivity index (χ0n) is 51.8. The van der Waals surface area contributed by atoms with Gasteiger partial charge < -0.3 is 58.5 Å². The van der Waals surface area contributed by atoms with Gasteiger partial charge in [0.25, 0.3) is 0 Å². The molecule has 0 radical (unpaired) electrons. The fourth-order valence-corrected chi connectivity index (χ4v) is 12.7. The van der Waals surface area contributed by atoms with Crippen LogP contribution in [0.2, 0.25) is 0 Å². The highest BCUT2D eigenvalue weighted by Crippen LogP contribution is 2.40. The predicted octanol–water partition coefficient (Wildman–Crippen LogP) is 10.6. The SMILES string of the molecule is CN(CCC(=O)N[C@H](C(=O)N1CCC[C@H]1c1nc(-c2ccc(OCCOCCOCCOCCOCCOC3CCC(Nc4nccc(-c5cnn(Cc6ccccc6)c5N(C)C)n4)CC3)c3ccccc23)cs1)C1CCCCC1)C(=O)OC(C)(C)C. The average Bonchev–Trinajstić information content (AvgIpc) is 2.60. The summed E-state index contributed by atoms with van der Waals surface area (Å²) in [5.74, 6) is 2.15.